The topological polar surface area (TPSA) is 94.6 Å². The molecule has 148 valence electrons. The Kier molecular flexibility index (Phi) is 5.81. The highest BCUT2D eigenvalue weighted by molar-refractivity contribution is 5.84. The molecule has 3 N–H and O–H groups in total. The number of nitrogens with one attached hydrogen (secondary N) is 3. The van der Waals surface area contributed by atoms with E-state index in [4.69, 9.17) is 4.98 Å². The first-order valence-corrected chi connectivity index (χ1v) is 10.3. The standard InChI is InChI=1S/C21H29N7/c1-3-22-11-8-14(2)19-17-13-16(6-7-18(17)25-26-19)21-24-20(27-28-21)15-5-4-10-23-12-9-15/h6-8,11,15-16,23H,3-5,9-10,12-13H2,1-2H3,(H,25,26)(H,24,27,28)/b14-8+,22-11?. The highest BCUT2D eigenvalue weighted by Crippen LogP contribution is 2.32. The van der Waals surface area contributed by atoms with Crippen molar-refractivity contribution >= 4 is 17.9 Å². The van der Waals surface area contributed by atoms with Gasteiger partial charge in [0.25, 0.3) is 0 Å². The smallest absolute Gasteiger partial charge is 0.153 e. The number of aliphatic imine (C=N–C) groups is 1. The Balaban J connectivity index is 1.52. The van der Waals surface area contributed by atoms with Gasteiger partial charge in [0.2, 0.25) is 0 Å². The van der Waals surface area contributed by atoms with Gasteiger partial charge < -0.3 is 5.32 Å². The zero-order valence-corrected chi connectivity index (χ0v) is 16.7. The SMILES string of the molecule is CCN=C/C=C(\C)c1n[nH]c2c1CC(c1nc(C3CCCNCC3)n[nH]1)C=C2. The van der Waals surface area contributed by atoms with Gasteiger partial charge in [0, 0.05) is 30.2 Å². The number of rotatable bonds is 5. The molecule has 28 heavy (non-hydrogen) atoms. The molecule has 0 bridgehead atoms. The lowest BCUT2D eigenvalue weighted by Gasteiger charge is -2.15. The van der Waals surface area contributed by atoms with Crippen molar-refractivity contribution in [3.05, 3.63) is 40.8 Å². The van der Waals surface area contributed by atoms with E-state index >= 15 is 0 Å². The number of aromatic amines is 2. The van der Waals surface area contributed by atoms with Gasteiger partial charge in [-0.1, -0.05) is 6.08 Å². The Labute approximate surface area is 165 Å². The maximum Gasteiger partial charge on any atom is 0.153 e. The van der Waals surface area contributed by atoms with Gasteiger partial charge in [-0.2, -0.15) is 10.2 Å². The fourth-order valence-electron chi connectivity index (χ4n) is 4.00. The molecule has 3 heterocycles. The average Bonchev–Trinajstić information content (AvgIpc) is 3.28. The first kappa shape index (κ1) is 18.8. The van der Waals surface area contributed by atoms with Crippen molar-refractivity contribution in [2.24, 2.45) is 4.99 Å². The lowest BCUT2D eigenvalue weighted by atomic mass is 9.90. The minimum absolute atomic E-state index is 0.200. The van der Waals surface area contributed by atoms with Crippen LogP contribution in [0.3, 0.4) is 0 Å². The summed E-state index contributed by atoms with van der Waals surface area (Å²) in [7, 11) is 0. The van der Waals surface area contributed by atoms with Crippen LogP contribution in [-0.4, -0.2) is 51.2 Å². The molecule has 0 spiro atoms. The van der Waals surface area contributed by atoms with Crippen molar-refractivity contribution in [1.29, 1.82) is 0 Å². The van der Waals surface area contributed by atoms with E-state index in [1.165, 1.54) is 12.0 Å². The Morgan fingerprint density at radius 1 is 1.25 bits per heavy atom. The number of aromatic nitrogens is 5. The molecule has 2 aromatic rings. The largest absolute Gasteiger partial charge is 0.317 e. The van der Waals surface area contributed by atoms with Gasteiger partial charge in [-0.3, -0.25) is 15.2 Å². The van der Waals surface area contributed by atoms with Crippen molar-refractivity contribution in [2.45, 2.75) is 51.4 Å². The Morgan fingerprint density at radius 3 is 3.07 bits per heavy atom. The summed E-state index contributed by atoms with van der Waals surface area (Å²) in [5.74, 6) is 2.58. The summed E-state index contributed by atoms with van der Waals surface area (Å²) in [5.41, 5.74) is 4.46. The molecule has 0 radical (unpaired) electrons. The predicted molar refractivity (Wildman–Crippen MR) is 113 cm³/mol. The summed E-state index contributed by atoms with van der Waals surface area (Å²) in [4.78, 5) is 9.15. The molecule has 1 aliphatic heterocycles. The molecular formula is C21H29N7. The van der Waals surface area contributed by atoms with Gasteiger partial charge in [0.05, 0.1) is 11.4 Å². The van der Waals surface area contributed by atoms with Crippen LogP contribution >= 0.6 is 0 Å². The van der Waals surface area contributed by atoms with Gasteiger partial charge in [-0.15, -0.1) is 0 Å². The molecule has 7 heteroatoms. The molecule has 2 unspecified atom stereocenters. The molecule has 1 fully saturated rings. The molecule has 2 aliphatic rings. The normalized spacial score (nSPS) is 23.1. The number of allylic oxidation sites excluding steroid dienone is 3. The van der Waals surface area contributed by atoms with E-state index < -0.39 is 0 Å². The average molecular weight is 380 g/mol. The van der Waals surface area contributed by atoms with Crippen LogP contribution in [0.1, 0.15) is 73.5 Å². The Bertz CT molecular complexity index is 878. The van der Waals surface area contributed by atoms with Crippen LogP contribution in [-0.2, 0) is 6.42 Å². The fraction of sp³-hybridized carbons (Fsp3) is 0.524. The molecule has 1 aliphatic carbocycles. The molecule has 2 atom stereocenters. The monoisotopic (exact) mass is 379 g/mol. The second-order valence-corrected chi connectivity index (χ2v) is 7.59. The van der Waals surface area contributed by atoms with Crippen molar-refractivity contribution in [3.63, 3.8) is 0 Å². The second-order valence-electron chi connectivity index (χ2n) is 7.59. The summed E-state index contributed by atoms with van der Waals surface area (Å²) in [5, 5.41) is 18.9. The summed E-state index contributed by atoms with van der Waals surface area (Å²) < 4.78 is 0. The Hall–Kier alpha value is -2.54. The second kappa shape index (κ2) is 8.65. The van der Waals surface area contributed by atoms with Crippen LogP contribution in [0.2, 0.25) is 0 Å². The maximum atomic E-state index is 4.88. The van der Waals surface area contributed by atoms with Crippen LogP contribution in [0.15, 0.2) is 17.1 Å². The summed E-state index contributed by atoms with van der Waals surface area (Å²) in [6.45, 7) is 7.05. The number of fused-ring (bicyclic) bond motifs is 1. The maximum absolute atomic E-state index is 4.88. The zero-order valence-electron chi connectivity index (χ0n) is 16.7. The lowest BCUT2D eigenvalue weighted by Crippen LogP contribution is -2.14. The third-order valence-corrected chi connectivity index (χ3v) is 5.62. The Morgan fingerprint density at radius 2 is 2.18 bits per heavy atom. The fourth-order valence-corrected chi connectivity index (χ4v) is 4.00. The molecule has 4 rings (SSSR count). The van der Waals surface area contributed by atoms with E-state index in [0.29, 0.717) is 5.92 Å². The van der Waals surface area contributed by atoms with Crippen molar-refractivity contribution < 1.29 is 0 Å². The van der Waals surface area contributed by atoms with Crippen molar-refractivity contribution in [1.82, 2.24) is 30.7 Å². The number of nitrogens with zero attached hydrogens (tertiary/aromatic N) is 4. The van der Waals surface area contributed by atoms with Gasteiger partial charge in [0.1, 0.15) is 5.82 Å². The summed E-state index contributed by atoms with van der Waals surface area (Å²) in [6, 6.07) is 0. The molecule has 1 saturated heterocycles. The van der Waals surface area contributed by atoms with Crippen LogP contribution in [0.25, 0.3) is 11.6 Å². The third kappa shape index (κ3) is 3.99. The number of hydrogen-bond donors (Lipinski definition) is 3. The lowest BCUT2D eigenvalue weighted by molar-refractivity contribution is 0.576. The zero-order chi connectivity index (χ0) is 19.3. The van der Waals surface area contributed by atoms with Gasteiger partial charge in [-0.05, 0) is 70.3 Å². The van der Waals surface area contributed by atoms with Crippen LogP contribution in [0.4, 0.5) is 0 Å². The van der Waals surface area contributed by atoms with Crippen LogP contribution in [0.5, 0.6) is 0 Å². The summed E-state index contributed by atoms with van der Waals surface area (Å²) in [6.07, 6.45) is 12.5. The first-order valence-electron chi connectivity index (χ1n) is 10.3. The third-order valence-electron chi connectivity index (χ3n) is 5.62. The molecule has 7 nitrogen and oxygen atoms in total. The molecule has 2 aromatic heterocycles. The highest BCUT2D eigenvalue weighted by atomic mass is 15.2. The minimum atomic E-state index is 0.200. The first-order chi connectivity index (χ1) is 13.8. The molecule has 0 saturated carbocycles. The molecule has 0 amide bonds. The van der Waals surface area contributed by atoms with Crippen LogP contribution < -0.4 is 5.32 Å². The van der Waals surface area contributed by atoms with Gasteiger partial charge in [-0.25, -0.2) is 4.98 Å². The van der Waals surface area contributed by atoms with E-state index in [1.54, 1.807) is 0 Å². The van der Waals surface area contributed by atoms with Gasteiger partial charge in [0.15, 0.2) is 5.82 Å². The van der Waals surface area contributed by atoms with E-state index in [-0.39, 0.29) is 5.92 Å². The molecular weight excluding hydrogens is 350 g/mol. The van der Waals surface area contributed by atoms with E-state index in [9.17, 15) is 0 Å². The highest BCUT2D eigenvalue weighted by Gasteiger charge is 2.25. The van der Waals surface area contributed by atoms with E-state index in [1.807, 2.05) is 19.2 Å². The summed E-state index contributed by atoms with van der Waals surface area (Å²) >= 11 is 0. The number of H-pyrrole nitrogens is 2. The number of hydrogen-bond acceptors (Lipinski definition) is 5. The molecule has 0 aromatic carbocycles. The van der Waals surface area contributed by atoms with E-state index in [0.717, 1.165) is 67.5 Å². The van der Waals surface area contributed by atoms with Crippen molar-refractivity contribution in [3.8, 4) is 0 Å². The van der Waals surface area contributed by atoms with Crippen LogP contribution in [0, 0.1) is 0 Å². The van der Waals surface area contributed by atoms with Gasteiger partial charge >= 0.3 is 0 Å². The predicted octanol–water partition coefficient (Wildman–Crippen LogP) is 3.23. The van der Waals surface area contributed by atoms with E-state index in [2.05, 4.69) is 49.8 Å². The quantitative estimate of drug-likeness (QED) is 0.695. The van der Waals surface area contributed by atoms with Crippen molar-refractivity contribution in [2.75, 3.05) is 19.6 Å². The minimum Gasteiger partial charge on any atom is -0.317 e.